The highest BCUT2D eigenvalue weighted by molar-refractivity contribution is 9.10. The normalized spacial score (nSPS) is 14.8. The molecule has 0 aliphatic carbocycles. The number of aliphatic hydroxyl groups is 1. The molecule has 2 atom stereocenters. The molecule has 0 saturated heterocycles. The van der Waals surface area contributed by atoms with Gasteiger partial charge in [-0.15, -0.1) is 0 Å². The molecular formula is C12H19BrN2O. The standard InChI is InChI=1S/C12H19BrN2O/c1-8-3-4-9(7-10(8)13)12(16)11(15-2)5-6-14/h3-4,7,11-12,15-16H,5-6,14H2,1-2H3. The van der Waals surface area contributed by atoms with Gasteiger partial charge in [-0.25, -0.2) is 0 Å². The molecule has 2 unspecified atom stereocenters. The first-order chi connectivity index (χ1) is 7.60. The van der Waals surface area contributed by atoms with Crippen molar-refractivity contribution in [3.8, 4) is 0 Å². The Bertz CT molecular complexity index is 344. The van der Waals surface area contributed by atoms with Crippen LogP contribution in [0.15, 0.2) is 22.7 Å². The van der Waals surface area contributed by atoms with Crippen molar-refractivity contribution in [3.05, 3.63) is 33.8 Å². The highest BCUT2D eigenvalue weighted by atomic mass is 79.9. The number of rotatable bonds is 5. The molecule has 1 rings (SSSR count). The molecule has 4 N–H and O–H groups in total. The molecule has 0 heterocycles. The predicted octanol–water partition coefficient (Wildman–Crippen LogP) is 1.73. The lowest BCUT2D eigenvalue weighted by Crippen LogP contribution is -2.34. The van der Waals surface area contributed by atoms with E-state index in [2.05, 4.69) is 21.2 Å². The molecule has 0 bridgehead atoms. The summed E-state index contributed by atoms with van der Waals surface area (Å²) in [5.41, 5.74) is 7.58. The van der Waals surface area contributed by atoms with Crippen LogP contribution in [0.5, 0.6) is 0 Å². The first-order valence-electron chi connectivity index (χ1n) is 5.41. The first kappa shape index (κ1) is 13.6. The van der Waals surface area contributed by atoms with Gasteiger partial charge in [-0.1, -0.05) is 28.1 Å². The zero-order valence-electron chi connectivity index (χ0n) is 9.70. The van der Waals surface area contributed by atoms with Gasteiger partial charge in [0.25, 0.3) is 0 Å². The van der Waals surface area contributed by atoms with Gasteiger partial charge in [0.05, 0.1) is 6.10 Å². The first-order valence-corrected chi connectivity index (χ1v) is 6.21. The number of likely N-dealkylation sites (N-methyl/N-ethyl adjacent to an activating group) is 1. The number of aliphatic hydroxyl groups excluding tert-OH is 1. The van der Waals surface area contributed by atoms with Crippen molar-refractivity contribution in [2.45, 2.75) is 25.5 Å². The quantitative estimate of drug-likeness (QED) is 0.773. The Morgan fingerprint density at radius 3 is 2.69 bits per heavy atom. The molecule has 0 fully saturated rings. The Morgan fingerprint density at radius 1 is 1.50 bits per heavy atom. The highest BCUT2D eigenvalue weighted by Crippen LogP contribution is 2.24. The van der Waals surface area contributed by atoms with Crippen molar-refractivity contribution in [1.82, 2.24) is 5.32 Å². The maximum Gasteiger partial charge on any atom is 0.0943 e. The lowest BCUT2D eigenvalue weighted by Gasteiger charge is -2.22. The van der Waals surface area contributed by atoms with E-state index in [-0.39, 0.29) is 6.04 Å². The molecule has 90 valence electrons. The summed E-state index contributed by atoms with van der Waals surface area (Å²) >= 11 is 3.47. The summed E-state index contributed by atoms with van der Waals surface area (Å²) < 4.78 is 1.02. The molecule has 0 radical (unpaired) electrons. The van der Waals surface area contributed by atoms with Gasteiger partial charge in [0, 0.05) is 10.5 Å². The van der Waals surface area contributed by atoms with Crippen LogP contribution in [0.25, 0.3) is 0 Å². The largest absolute Gasteiger partial charge is 0.387 e. The number of halogens is 1. The summed E-state index contributed by atoms with van der Waals surface area (Å²) in [6, 6.07) is 5.91. The van der Waals surface area contributed by atoms with Gasteiger partial charge in [0.2, 0.25) is 0 Å². The van der Waals surface area contributed by atoms with Crippen LogP contribution in [0.3, 0.4) is 0 Å². The molecule has 0 spiro atoms. The van der Waals surface area contributed by atoms with Gasteiger partial charge in [0.1, 0.15) is 0 Å². The van der Waals surface area contributed by atoms with Crippen molar-refractivity contribution >= 4 is 15.9 Å². The monoisotopic (exact) mass is 286 g/mol. The van der Waals surface area contributed by atoms with Crippen molar-refractivity contribution in [3.63, 3.8) is 0 Å². The fourth-order valence-corrected chi connectivity index (χ4v) is 2.06. The van der Waals surface area contributed by atoms with E-state index in [4.69, 9.17) is 5.73 Å². The Balaban J connectivity index is 2.85. The lowest BCUT2D eigenvalue weighted by molar-refractivity contribution is 0.129. The van der Waals surface area contributed by atoms with Crippen LogP contribution >= 0.6 is 15.9 Å². The number of hydrogen-bond donors (Lipinski definition) is 3. The van der Waals surface area contributed by atoms with Crippen molar-refractivity contribution in [2.24, 2.45) is 5.73 Å². The number of nitrogens with two attached hydrogens (primary N) is 1. The van der Waals surface area contributed by atoms with Crippen LogP contribution in [0.1, 0.15) is 23.7 Å². The summed E-state index contributed by atoms with van der Waals surface area (Å²) in [6.45, 7) is 2.59. The predicted molar refractivity (Wildman–Crippen MR) is 70.4 cm³/mol. The lowest BCUT2D eigenvalue weighted by atomic mass is 9.99. The maximum atomic E-state index is 10.2. The van der Waals surface area contributed by atoms with Crippen molar-refractivity contribution in [2.75, 3.05) is 13.6 Å². The Morgan fingerprint density at radius 2 is 2.19 bits per heavy atom. The van der Waals surface area contributed by atoms with E-state index in [0.29, 0.717) is 6.54 Å². The summed E-state index contributed by atoms with van der Waals surface area (Å²) in [6.07, 6.45) is 0.230. The van der Waals surface area contributed by atoms with Crippen LogP contribution in [0, 0.1) is 6.92 Å². The van der Waals surface area contributed by atoms with Gasteiger partial charge in [0.15, 0.2) is 0 Å². The fourth-order valence-electron chi connectivity index (χ4n) is 1.67. The fraction of sp³-hybridized carbons (Fsp3) is 0.500. The zero-order valence-corrected chi connectivity index (χ0v) is 11.3. The molecular weight excluding hydrogens is 268 g/mol. The Labute approximate surface area is 105 Å². The van der Waals surface area contributed by atoms with E-state index < -0.39 is 6.10 Å². The number of benzene rings is 1. The molecule has 1 aromatic carbocycles. The third kappa shape index (κ3) is 3.28. The van der Waals surface area contributed by atoms with E-state index in [1.165, 1.54) is 0 Å². The third-order valence-corrected chi connectivity index (χ3v) is 3.62. The zero-order chi connectivity index (χ0) is 12.1. The second-order valence-electron chi connectivity index (χ2n) is 3.93. The molecule has 0 amide bonds. The maximum absolute atomic E-state index is 10.2. The number of hydrogen-bond acceptors (Lipinski definition) is 3. The summed E-state index contributed by atoms with van der Waals surface area (Å²) in [4.78, 5) is 0. The van der Waals surface area contributed by atoms with Gasteiger partial charge >= 0.3 is 0 Å². The molecule has 3 nitrogen and oxygen atoms in total. The number of aryl methyl sites for hydroxylation is 1. The van der Waals surface area contributed by atoms with Crippen LogP contribution in [0.4, 0.5) is 0 Å². The summed E-state index contributed by atoms with van der Waals surface area (Å²) in [5.74, 6) is 0. The third-order valence-electron chi connectivity index (χ3n) is 2.77. The van der Waals surface area contributed by atoms with Crippen molar-refractivity contribution < 1.29 is 5.11 Å². The Hall–Kier alpha value is -0.420. The average Bonchev–Trinajstić information content (AvgIpc) is 2.28. The minimum atomic E-state index is -0.523. The second-order valence-corrected chi connectivity index (χ2v) is 4.78. The summed E-state index contributed by atoms with van der Waals surface area (Å²) in [5, 5.41) is 13.3. The second kappa shape index (κ2) is 6.35. The molecule has 0 aliphatic rings. The Kier molecular flexibility index (Phi) is 5.41. The minimum absolute atomic E-state index is 0.000365. The van der Waals surface area contributed by atoms with Crippen LogP contribution in [-0.2, 0) is 0 Å². The molecule has 16 heavy (non-hydrogen) atoms. The van der Waals surface area contributed by atoms with E-state index in [1.54, 1.807) is 0 Å². The minimum Gasteiger partial charge on any atom is -0.387 e. The SMILES string of the molecule is CNC(CCN)C(O)c1ccc(C)c(Br)c1. The van der Waals surface area contributed by atoms with Gasteiger partial charge < -0.3 is 16.2 Å². The van der Waals surface area contributed by atoms with Crippen LogP contribution < -0.4 is 11.1 Å². The van der Waals surface area contributed by atoms with Crippen LogP contribution in [0.2, 0.25) is 0 Å². The van der Waals surface area contributed by atoms with Gasteiger partial charge in [-0.05, 0) is 44.1 Å². The van der Waals surface area contributed by atoms with Gasteiger partial charge in [-0.2, -0.15) is 0 Å². The molecule has 1 aromatic rings. The smallest absolute Gasteiger partial charge is 0.0943 e. The number of nitrogens with one attached hydrogen (secondary N) is 1. The molecule has 0 saturated carbocycles. The topological polar surface area (TPSA) is 58.3 Å². The average molecular weight is 287 g/mol. The van der Waals surface area contributed by atoms with E-state index >= 15 is 0 Å². The molecule has 4 heteroatoms. The summed E-state index contributed by atoms with van der Waals surface area (Å²) in [7, 11) is 1.84. The molecule has 0 aromatic heterocycles. The molecule has 0 aliphatic heterocycles. The van der Waals surface area contributed by atoms with E-state index in [9.17, 15) is 5.11 Å². The van der Waals surface area contributed by atoms with Gasteiger partial charge in [-0.3, -0.25) is 0 Å². The highest BCUT2D eigenvalue weighted by Gasteiger charge is 2.18. The van der Waals surface area contributed by atoms with E-state index in [0.717, 1.165) is 22.0 Å². The van der Waals surface area contributed by atoms with Crippen molar-refractivity contribution in [1.29, 1.82) is 0 Å². The van der Waals surface area contributed by atoms with Crippen LogP contribution in [-0.4, -0.2) is 24.7 Å². The van der Waals surface area contributed by atoms with E-state index in [1.807, 2.05) is 32.2 Å².